The normalized spacial score (nSPS) is 27.5. The molecule has 2 atom stereocenters. The van der Waals surface area contributed by atoms with E-state index in [9.17, 15) is 9.90 Å². The van der Waals surface area contributed by atoms with E-state index in [0.29, 0.717) is 6.54 Å². The molecule has 0 spiro atoms. The van der Waals surface area contributed by atoms with Gasteiger partial charge >= 0.3 is 0 Å². The molecule has 25 heavy (non-hydrogen) atoms. The van der Waals surface area contributed by atoms with Gasteiger partial charge in [0.15, 0.2) is 0 Å². The van der Waals surface area contributed by atoms with Gasteiger partial charge in [-0.3, -0.25) is 9.69 Å². The standard InChI is InChI=1S/C20H30N2O3/c1-20(15-23)10-4-11-21(14-20)13-19(24)22-12-3-5-18(22)16-6-8-17(25-2)9-7-16/h6-9,18,23H,3-5,10-15H2,1-2H3. The maximum atomic E-state index is 12.9. The molecule has 2 aliphatic rings. The largest absolute Gasteiger partial charge is 0.497 e. The zero-order valence-corrected chi connectivity index (χ0v) is 15.4. The number of carbonyl (C=O) groups is 1. The Balaban J connectivity index is 1.64. The fourth-order valence-corrected chi connectivity index (χ4v) is 4.21. The Bertz CT molecular complexity index is 589. The van der Waals surface area contributed by atoms with Crippen molar-refractivity contribution in [3.8, 4) is 5.75 Å². The zero-order valence-electron chi connectivity index (χ0n) is 15.4. The number of ether oxygens (including phenoxy) is 1. The lowest BCUT2D eigenvalue weighted by atomic mass is 9.83. The van der Waals surface area contributed by atoms with Gasteiger partial charge in [-0.1, -0.05) is 19.1 Å². The van der Waals surface area contributed by atoms with Crippen LogP contribution in [0.3, 0.4) is 0 Å². The van der Waals surface area contributed by atoms with Crippen LogP contribution in [-0.4, -0.2) is 60.7 Å². The summed E-state index contributed by atoms with van der Waals surface area (Å²) in [7, 11) is 1.67. The van der Waals surface area contributed by atoms with E-state index >= 15 is 0 Å². The Labute approximate surface area is 150 Å². The monoisotopic (exact) mass is 346 g/mol. The van der Waals surface area contributed by atoms with E-state index in [1.807, 2.05) is 17.0 Å². The van der Waals surface area contributed by atoms with Crippen LogP contribution in [0, 0.1) is 5.41 Å². The number of amides is 1. The van der Waals surface area contributed by atoms with Gasteiger partial charge in [-0.2, -0.15) is 0 Å². The van der Waals surface area contributed by atoms with E-state index in [1.54, 1.807) is 7.11 Å². The average molecular weight is 346 g/mol. The van der Waals surface area contributed by atoms with Gasteiger partial charge in [0.25, 0.3) is 0 Å². The van der Waals surface area contributed by atoms with E-state index in [1.165, 1.54) is 5.56 Å². The molecule has 0 bridgehead atoms. The van der Waals surface area contributed by atoms with Crippen molar-refractivity contribution >= 4 is 5.91 Å². The predicted molar refractivity (Wildman–Crippen MR) is 97.5 cm³/mol. The van der Waals surface area contributed by atoms with Gasteiger partial charge in [0, 0.05) is 25.1 Å². The van der Waals surface area contributed by atoms with Crippen LogP contribution in [0.25, 0.3) is 0 Å². The van der Waals surface area contributed by atoms with Gasteiger partial charge in [-0.15, -0.1) is 0 Å². The second kappa shape index (κ2) is 7.75. The summed E-state index contributed by atoms with van der Waals surface area (Å²) in [6, 6.07) is 8.24. The molecule has 5 nitrogen and oxygen atoms in total. The molecule has 2 heterocycles. The Morgan fingerprint density at radius 1 is 1.28 bits per heavy atom. The van der Waals surface area contributed by atoms with Gasteiger partial charge in [0.2, 0.25) is 5.91 Å². The molecule has 0 aliphatic carbocycles. The first-order valence-corrected chi connectivity index (χ1v) is 9.31. The number of benzene rings is 1. The smallest absolute Gasteiger partial charge is 0.237 e. The van der Waals surface area contributed by atoms with Gasteiger partial charge in [0.05, 0.1) is 19.7 Å². The number of carbonyl (C=O) groups excluding carboxylic acids is 1. The molecule has 138 valence electrons. The van der Waals surface area contributed by atoms with Crippen molar-refractivity contribution in [1.29, 1.82) is 0 Å². The van der Waals surface area contributed by atoms with Crippen molar-refractivity contribution in [3.05, 3.63) is 29.8 Å². The molecule has 1 aromatic carbocycles. The van der Waals surface area contributed by atoms with Crippen molar-refractivity contribution in [3.63, 3.8) is 0 Å². The molecule has 0 aromatic heterocycles. The number of likely N-dealkylation sites (tertiary alicyclic amines) is 2. The number of piperidine rings is 1. The lowest BCUT2D eigenvalue weighted by molar-refractivity contribution is -0.134. The van der Waals surface area contributed by atoms with Crippen LogP contribution < -0.4 is 4.74 Å². The van der Waals surface area contributed by atoms with E-state index < -0.39 is 0 Å². The van der Waals surface area contributed by atoms with E-state index in [-0.39, 0.29) is 24.0 Å². The molecule has 2 unspecified atom stereocenters. The van der Waals surface area contributed by atoms with Crippen molar-refractivity contribution in [1.82, 2.24) is 9.80 Å². The summed E-state index contributed by atoms with van der Waals surface area (Å²) in [5, 5.41) is 9.61. The summed E-state index contributed by atoms with van der Waals surface area (Å²) >= 11 is 0. The van der Waals surface area contributed by atoms with Crippen molar-refractivity contribution in [2.45, 2.75) is 38.6 Å². The van der Waals surface area contributed by atoms with Crippen LogP contribution in [0.1, 0.15) is 44.2 Å². The summed E-state index contributed by atoms with van der Waals surface area (Å²) in [6.07, 6.45) is 4.15. The van der Waals surface area contributed by atoms with E-state index in [2.05, 4.69) is 24.0 Å². The summed E-state index contributed by atoms with van der Waals surface area (Å²) in [5.41, 5.74) is 1.12. The Morgan fingerprint density at radius 2 is 2.04 bits per heavy atom. The molecule has 0 radical (unpaired) electrons. The molecule has 1 N–H and O–H groups in total. The number of methoxy groups -OCH3 is 1. The highest BCUT2D eigenvalue weighted by Gasteiger charge is 2.34. The van der Waals surface area contributed by atoms with Gasteiger partial charge < -0.3 is 14.7 Å². The second-order valence-electron chi connectivity index (χ2n) is 7.80. The van der Waals surface area contributed by atoms with Crippen LogP contribution in [-0.2, 0) is 4.79 Å². The molecule has 2 fully saturated rings. The highest BCUT2D eigenvalue weighted by atomic mass is 16.5. The highest BCUT2D eigenvalue weighted by Crippen LogP contribution is 2.34. The van der Waals surface area contributed by atoms with Crippen LogP contribution in [0.15, 0.2) is 24.3 Å². The fourth-order valence-electron chi connectivity index (χ4n) is 4.21. The van der Waals surface area contributed by atoms with Crippen LogP contribution in [0.2, 0.25) is 0 Å². The SMILES string of the molecule is COc1ccc(C2CCCN2C(=O)CN2CCCC(C)(CO)C2)cc1. The van der Waals surface area contributed by atoms with Crippen molar-refractivity contribution in [2.75, 3.05) is 39.9 Å². The first-order valence-electron chi connectivity index (χ1n) is 9.31. The summed E-state index contributed by atoms with van der Waals surface area (Å²) in [6.45, 7) is 5.34. The maximum Gasteiger partial charge on any atom is 0.237 e. The summed E-state index contributed by atoms with van der Waals surface area (Å²) in [4.78, 5) is 17.2. The third kappa shape index (κ3) is 4.15. The topological polar surface area (TPSA) is 53.0 Å². The molecular formula is C20H30N2O3. The van der Waals surface area contributed by atoms with Crippen LogP contribution >= 0.6 is 0 Å². The quantitative estimate of drug-likeness (QED) is 0.890. The van der Waals surface area contributed by atoms with E-state index in [4.69, 9.17) is 4.74 Å². The first kappa shape index (κ1) is 18.2. The number of aliphatic hydroxyl groups is 1. The molecule has 5 heteroatoms. The minimum absolute atomic E-state index is 0.0705. The number of nitrogens with zero attached hydrogens (tertiary/aromatic N) is 2. The van der Waals surface area contributed by atoms with Gasteiger partial charge in [-0.05, 0) is 49.9 Å². The second-order valence-corrected chi connectivity index (χ2v) is 7.80. The van der Waals surface area contributed by atoms with Crippen LogP contribution in [0.5, 0.6) is 5.75 Å². The number of hydrogen-bond acceptors (Lipinski definition) is 4. The third-order valence-corrected chi connectivity index (χ3v) is 5.67. The number of rotatable bonds is 5. The number of hydrogen-bond donors (Lipinski definition) is 1. The van der Waals surface area contributed by atoms with Crippen LogP contribution in [0.4, 0.5) is 0 Å². The molecule has 1 amide bonds. The van der Waals surface area contributed by atoms with Gasteiger partial charge in [-0.25, -0.2) is 0 Å². The Hall–Kier alpha value is -1.59. The summed E-state index contributed by atoms with van der Waals surface area (Å²) < 4.78 is 5.23. The molecule has 2 aliphatic heterocycles. The maximum absolute atomic E-state index is 12.9. The third-order valence-electron chi connectivity index (χ3n) is 5.67. The molecule has 3 rings (SSSR count). The zero-order chi connectivity index (χ0) is 17.9. The first-order chi connectivity index (χ1) is 12.0. The van der Waals surface area contributed by atoms with E-state index in [0.717, 1.165) is 51.1 Å². The molecular weight excluding hydrogens is 316 g/mol. The molecule has 2 saturated heterocycles. The fraction of sp³-hybridized carbons (Fsp3) is 0.650. The Kier molecular flexibility index (Phi) is 5.64. The summed E-state index contributed by atoms with van der Waals surface area (Å²) in [5.74, 6) is 1.05. The average Bonchev–Trinajstić information content (AvgIpc) is 3.12. The molecule has 1 aromatic rings. The minimum Gasteiger partial charge on any atom is -0.497 e. The lowest BCUT2D eigenvalue weighted by Gasteiger charge is -2.39. The number of aliphatic hydroxyl groups excluding tert-OH is 1. The molecule has 0 saturated carbocycles. The predicted octanol–water partition coefficient (Wildman–Crippen LogP) is 2.45. The lowest BCUT2D eigenvalue weighted by Crippen LogP contribution is -2.48. The van der Waals surface area contributed by atoms with Crippen molar-refractivity contribution in [2.24, 2.45) is 5.41 Å². The minimum atomic E-state index is -0.0705. The Morgan fingerprint density at radius 3 is 2.72 bits per heavy atom. The highest BCUT2D eigenvalue weighted by molar-refractivity contribution is 5.79. The van der Waals surface area contributed by atoms with Gasteiger partial charge in [0.1, 0.15) is 5.75 Å². The van der Waals surface area contributed by atoms with Crippen molar-refractivity contribution < 1.29 is 14.6 Å².